The standard InChI is InChI=1S/CHF3O4S.Zn/c2-1(3,4)9(6,7)8-5;/h5H;. The average molecular weight is 231 g/mol. The third-order valence-electron chi connectivity index (χ3n) is 0.382. The molecular weight excluding hydrogens is 230 g/mol. The van der Waals surface area contributed by atoms with E-state index in [0.717, 1.165) is 0 Å². The first-order chi connectivity index (χ1) is 3.81. The summed E-state index contributed by atoms with van der Waals surface area (Å²) in [5, 5.41) is 7.12. The minimum atomic E-state index is -5.78. The van der Waals surface area contributed by atoms with Crippen LogP contribution in [0.5, 0.6) is 0 Å². The van der Waals surface area contributed by atoms with Crippen molar-refractivity contribution in [3.8, 4) is 0 Å². The van der Waals surface area contributed by atoms with Gasteiger partial charge in [0, 0.05) is 19.5 Å². The van der Waals surface area contributed by atoms with Gasteiger partial charge in [0.2, 0.25) is 0 Å². The van der Waals surface area contributed by atoms with Gasteiger partial charge in [0.1, 0.15) is 0 Å². The zero-order chi connectivity index (χ0) is 7.71. The summed E-state index contributed by atoms with van der Waals surface area (Å²) in [5.41, 5.74) is -5.55. The van der Waals surface area contributed by atoms with E-state index >= 15 is 0 Å². The zero-order valence-corrected chi connectivity index (χ0v) is 8.20. The van der Waals surface area contributed by atoms with Crippen LogP contribution in [0.2, 0.25) is 0 Å². The molecule has 0 bridgehead atoms. The van der Waals surface area contributed by atoms with E-state index in [1.165, 1.54) is 0 Å². The Balaban J connectivity index is 0. The maximum atomic E-state index is 11.0. The van der Waals surface area contributed by atoms with Crippen molar-refractivity contribution in [3.05, 3.63) is 0 Å². The Labute approximate surface area is 66.8 Å². The van der Waals surface area contributed by atoms with Gasteiger partial charge in [0.15, 0.2) is 0 Å². The van der Waals surface area contributed by atoms with Gasteiger partial charge in [-0.1, -0.05) is 0 Å². The van der Waals surface area contributed by atoms with Gasteiger partial charge in [-0.2, -0.15) is 21.6 Å². The van der Waals surface area contributed by atoms with Crippen LogP contribution >= 0.6 is 0 Å². The van der Waals surface area contributed by atoms with E-state index in [4.69, 9.17) is 5.26 Å². The Morgan fingerprint density at radius 3 is 1.60 bits per heavy atom. The van der Waals surface area contributed by atoms with E-state index in [2.05, 4.69) is 4.33 Å². The Hall–Kier alpha value is 0.283. The van der Waals surface area contributed by atoms with Crippen molar-refractivity contribution < 1.29 is 50.7 Å². The fourth-order valence-electron chi connectivity index (χ4n) is 0.0423. The molecule has 0 heterocycles. The first-order valence-electron chi connectivity index (χ1n) is 1.45. The number of halogens is 3. The molecule has 0 atom stereocenters. The maximum Gasteiger partial charge on any atom is 0.525 e. The molecule has 0 saturated heterocycles. The molecule has 0 aromatic rings. The molecule has 0 amide bonds. The summed E-state index contributed by atoms with van der Waals surface area (Å²) >= 11 is 0. The van der Waals surface area contributed by atoms with Crippen molar-refractivity contribution >= 4 is 10.1 Å². The van der Waals surface area contributed by atoms with Gasteiger partial charge in [-0.05, 0) is 0 Å². The molecule has 4 nitrogen and oxygen atoms in total. The summed E-state index contributed by atoms with van der Waals surface area (Å²) in [6.07, 6.45) is 0. The summed E-state index contributed by atoms with van der Waals surface area (Å²) < 4.78 is 53.9. The van der Waals surface area contributed by atoms with Crippen LogP contribution < -0.4 is 0 Å². The quantitative estimate of drug-likeness (QED) is 0.306. The van der Waals surface area contributed by atoms with Gasteiger partial charge in [0.05, 0.1) is 0 Å². The van der Waals surface area contributed by atoms with Crippen LogP contribution in [0.3, 0.4) is 0 Å². The van der Waals surface area contributed by atoms with Gasteiger partial charge < -0.3 is 0 Å². The second-order valence-electron chi connectivity index (χ2n) is 0.974. The van der Waals surface area contributed by atoms with Crippen molar-refractivity contribution in [3.63, 3.8) is 0 Å². The molecule has 0 fully saturated rings. The molecule has 0 aromatic heterocycles. The molecule has 9 heteroatoms. The maximum absolute atomic E-state index is 11.0. The number of hydrogen-bond acceptors (Lipinski definition) is 4. The molecule has 0 unspecified atom stereocenters. The second kappa shape index (κ2) is 3.61. The second-order valence-corrected chi connectivity index (χ2v) is 2.49. The molecule has 10 heavy (non-hydrogen) atoms. The van der Waals surface area contributed by atoms with Crippen molar-refractivity contribution in [2.45, 2.75) is 5.51 Å². The average Bonchev–Trinajstić information content (AvgIpc) is 1.64. The number of hydrogen-bond donors (Lipinski definition) is 1. The van der Waals surface area contributed by atoms with Crippen LogP contribution in [-0.2, 0) is 33.9 Å². The molecule has 0 aromatic carbocycles. The molecule has 1 N–H and O–H groups in total. The van der Waals surface area contributed by atoms with Gasteiger partial charge in [0.25, 0.3) is 0 Å². The van der Waals surface area contributed by atoms with Crippen LogP contribution in [0.1, 0.15) is 0 Å². The molecule has 0 aliphatic heterocycles. The Morgan fingerprint density at radius 2 is 1.60 bits per heavy atom. The largest absolute Gasteiger partial charge is 0.525 e. The third kappa shape index (κ3) is 2.91. The van der Waals surface area contributed by atoms with E-state index in [1.54, 1.807) is 0 Å². The molecule has 0 aliphatic carbocycles. The van der Waals surface area contributed by atoms with Crippen molar-refractivity contribution in [2.75, 3.05) is 0 Å². The van der Waals surface area contributed by atoms with Crippen LogP contribution in [0.25, 0.3) is 0 Å². The molecule has 0 rings (SSSR count). The van der Waals surface area contributed by atoms with Crippen LogP contribution in [0.15, 0.2) is 0 Å². The van der Waals surface area contributed by atoms with Gasteiger partial charge in [-0.3, -0.25) is 0 Å². The van der Waals surface area contributed by atoms with E-state index in [9.17, 15) is 21.6 Å². The van der Waals surface area contributed by atoms with E-state index < -0.39 is 15.6 Å². The van der Waals surface area contributed by atoms with E-state index in [1.807, 2.05) is 0 Å². The first kappa shape index (κ1) is 12.9. The Bertz CT molecular complexity index is 181. The Kier molecular flexibility index (Phi) is 4.66. The summed E-state index contributed by atoms with van der Waals surface area (Å²) in [4.78, 5) is 0. The van der Waals surface area contributed by atoms with Crippen LogP contribution in [0.4, 0.5) is 13.2 Å². The molecule has 0 saturated carbocycles. The minimum absolute atomic E-state index is 0. The van der Waals surface area contributed by atoms with Gasteiger partial charge in [-0.25, -0.2) is 5.26 Å². The van der Waals surface area contributed by atoms with E-state index in [-0.39, 0.29) is 19.5 Å². The number of rotatable bonds is 1. The van der Waals surface area contributed by atoms with Crippen LogP contribution in [0, 0.1) is 0 Å². The van der Waals surface area contributed by atoms with Crippen molar-refractivity contribution in [1.29, 1.82) is 0 Å². The zero-order valence-electron chi connectivity index (χ0n) is 4.42. The molecule has 58 valence electrons. The topological polar surface area (TPSA) is 63.6 Å². The summed E-state index contributed by atoms with van der Waals surface area (Å²) in [6.45, 7) is 0. The van der Waals surface area contributed by atoms with E-state index in [0.29, 0.717) is 0 Å². The molecule has 0 aliphatic rings. The molecule has 0 radical (unpaired) electrons. The van der Waals surface area contributed by atoms with Crippen molar-refractivity contribution in [2.24, 2.45) is 0 Å². The first-order valence-corrected chi connectivity index (χ1v) is 2.86. The van der Waals surface area contributed by atoms with Gasteiger partial charge in [-0.15, -0.1) is 4.33 Å². The SMILES string of the molecule is O=S(=O)(OO)C(F)(F)F.[Zn]. The monoisotopic (exact) mass is 230 g/mol. The Morgan fingerprint density at radius 1 is 1.30 bits per heavy atom. The number of alkyl halides is 3. The summed E-state index contributed by atoms with van der Waals surface area (Å²) in [6, 6.07) is 0. The fraction of sp³-hybridized carbons (Fsp3) is 1.00. The molecular formula is CHF3O4SZn. The smallest absolute Gasteiger partial charge is 0.235 e. The summed E-state index contributed by atoms with van der Waals surface area (Å²) in [5.74, 6) is 0. The fourth-order valence-corrected chi connectivity index (χ4v) is 0.127. The third-order valence-corrected chi connectivity index (χ3v) is 1.14. The predicted molar refractivity (Wildman–Crippen MR) is 18.7 cm³/mol. The predicted octanol–water partition coefficient (Wildman–Crippen LogP) is 0.323. The van der Waals surface area contributed by atoms with Gasteiger partial charge >= 0.3 is 15.6 Å². The molecule has 0 spiro atoms. The minimum Gasteiger partial charge on any atom is -0.235 e. The van der Waals surface area contributed by atoms with Crippen molar-refractivity contribution in [1.82, 2.24) is 0 Å². The normalized spacial score (nSPS) is 12.4. The summed E-state index contributed by atoms with van der Waals surface area (Å²) in [7, 11) is -5.78. The van der Waals surface area contributed by atoms with Crippen LogP contribution in [-0.4, -0.2) is 19.2 Å².